The summed E-state index contributed by atoms with van der Waals surface area (Å²) in [6.07, 6.45) is 1.71. The summed E-state index contributed by atoms with van der Waals surface area (Å²) in [5.41, 5.74) is 1.84. The average molecular weight is 311 g/mol. The number of pyridine rings is 1. The van der Waals surface area contributed by atoms with Crippen molar-refractivity contribution >= 4 is 33.1 Å². The largest absolute Gasteiger partial charge is 0.355 e. The molecule has 0 bridgehead atoms. The first-order valence-electron chi connectivity index (χ1n) is 7.04. The Labute approximate surface area is 133 Å². The Hall–Kier alpha value is -2.40. The normalized spacial score (nSPS) is 10.6. The molecule has 0 spiro atoms. The highest BCUT2D eigenvalue weighted by molar-refractivity contribution is 7.17. The van der Waals surface area contributed by atoms with E-state index in [1.807, 2.05) is 11.9 Å². The molecule has 0 saturated carbocycles. The number of carbonyl (C=O) groups is 1. The van der Waals surface area contributed by atoms with Crippen molar-refractivity contribution in [1.29, 1.82) is 0 Å². The van der Waals surface area contributed by atoms with Crippen molar-refractivity contribution in [2.75, 3.05) is 19.0 Å². The minimum Gasteiger partial charge on any atom is -0.355 e. The Morgan fingerprint density at radius 2 is 2.09 bits per heavy atom. The van der Waals surface area contributed by atoms with Crippen molar-refractivity contribution in [3.05, 3.63) is 59.1 Å². The monoisotopic (exact) mass is 311 g/mol. The summed E-state index contributed by atoms with van der Waals surface area (Å²) in [4.78, 5) is 18.4. The number of nitrogens with zero attached hydrogens (tertiary/aromatic N) is 2. The topological polar surface area (TPSA) is 45.2 Å². The van der Waals surface area contributed by atoms with Crippen LogP contribution in [0.25, 0.3) is 10.1 Å². The van der Waals surface area contributed by atoms with Gasteiger partial charge in [-0.2, -0.15) is 0 Å². The van der Waals surface area contributed by atoms with Gasteiger partial charge in [0.1, 0.15) is 5.82 Å². The summed E-state index contributed by atoms with van der Waals surface area (Å²) in [6.45, 7) is 0.713. The molecule has 0 radical (unpaired) electrons. The Kier molecular flexibility index (Phi) is 4.06. The highest BCUT2D eigenvalue weighted by atomic mass is 32.1. The van der Waals surface area contributed by atoms with Crippen LogP contribution in [-0.2, 0) is 6.54 Å². The fourth-order valence-corrected chi connectivity index (χ4v) is 3.45. The van der Waals surface area contributed by atoms with Gasteiger partial charge in [-0.1, -0.05) is 18.2 Å². The number of rotatable bonds is 4. The Balaban J connectivity index is 1.92. The summed E-state index contributed by atoms with van der Waals surface area (Å²) in [7, 11) is 3.59. The summed E-state index contributed by atoms with van der Waals surface area (Å²) in [5, 5.41) is 6.09. The van der Waals surface area contributed by atoms with Crippen molar-refractivity contribution < 1.29 is 4.79 Å². The molecule has 1 aromatic carbocycles. The van der Waals surface area contributed by atoms with Gasteiger partial charge in [0, 0.05) is 31.5 Å². The lowest BCUT2D eigenvalue weighted by Crippen LogP contribution is -2.25. The van der Waals surface area contributed by atoms with E-state index in [0.29, 0.717) is 17.9 Å². The first-order chi connectivity index (χ1) is 10.7. The van der Waals surface area contributed by atoms with Gasteiger partial charge in [-0.15, -0.1) is 11.3 Å². The lowest BCUT2D eigenvalue weighted by atomic mass is 10.1. The van der Waals surface area contributed by atoms with Crippen molar-refractivity contribution in [3.8, 4) is 0 Å². The highest BCUT2D eigenvalue weighted by Crippen LogP contribution is 2.28. The number of amides is 1. The van der Waals surface area contributed by atoms with Gasteiger partial charge in [0.25, 0.3) is 5.91 Å². The van der Waals surface area contributed by atoms with Crippen LogP contribution in [0.1, 0.15) is 15.9 Å². The molecular weight excluding hydrogens is 294 g/mol. The Morgan fingerprint density at radius 1 is 1.27 bits per heavy atom. The first-order valence-corrected chi connectivity index (χ1v) is 7.92. The minimum absolute atomic E-state index is 0.120. The highest BCUT2D eigenvalue weighted by Gasteiger charge is 2.15. The van der Waals surface area contributed by atoms with Crippen LogP contribution >= 0.6 is 11.3 Å². The van der Waals surface area contributed by atoms with Crippen LogP contribution in [0.15, 0.2) is 48.0 Å². The molecule has 0 aliphatic rings. The summed E-state index contributed by atoms with van der Waals surface area (Å²) >= 11 is 1.74. The second-order valence-electron chi connectivity index (χ2n) is 5.07. The maximum Gasteiger partial charge on any atom is 0.254 e. The second kappa shape index (κ2) is 6.15. The van der Waals surface area contributed by atoms with Crippen molar-refractivity contribution in [2.45, 2.75) is 6.54 Å². The van der Waals surface area contributed by atoms with Gasteiger partial charge in [0.2, 0.25) is 0 Å². The molecule has 2 aromatic heterocycles. The predicted molar refractivity (Wildman–Crippen MR) is 91.6 cm³/mol. The van der Waals surface area contributed by atoms with E-state index in [2.05, 4.69) is 39.9 Å². The van der Waals surface area contributed by atoms with Crippen LogP contribution in [0, 0.1) is 0 Å². The molecule has 1 N–H and O–H groups in total. The number of nitrogens with one attached hydrogen (secondary N) is 1. The Bertz CT molecular complexity index is 812. The molecule has 3 aromatic rings. The van der Waals surface area contributed by atoms with Crippen LogP contribution in [0.4, 0.5) is 5.82 Å². The van der Waals surface area contributed by atoms with Gasteiger partial charge in [-0.05, 0) is 34.5 Å². The minimum atomic E-state index is -0.120. The summed E-state index contributed by atoms with van der Waals surface area (Å²) < 4.78 is 1.28. The fraction of sp³-hybridized carbons (Fsp3) is 0.176. The van der Waals surface area contributed by atoms with Gasteiger partial charge >= 0.3 is 0 Å². The molecule has 0 aliphatic heterocycles. The van der Waals surface area contributed by atoms with E-state index in [9.17, 15) is 4.79 Å². The molecule has 0 fully saturated rings. The number of anilines is 1. The number of hydrogen-bond acceptors (Lipinski definition) is 4. The van der Waals surface area contributed by atoms with E-state index in [1.165, 1.54) is 15.6 Å². The molecular formula is C17H17N3OS. The molecule has 112 valence electrons. The number of carbonyl (C=O) groups excluding carboxylic acids is 1. The van der Waals surface area contributed by atoms with Gasteiger partial charge in [-0.25, -0.2) is 4.98 Å². The number of benzene rings is 1. The van der Waals surface area contributed by atoms with E-state index < -0.39 is 0 Å². The smallest absolute Gasteiger partial charge is 0.254 e. The lowest BCUT2D eigenvalue weighted by Gasteiger charge is -2.20. The second-order valence-corrected chi connectivity index (χ2v) is 5.98. The van der Waals surface area contributed by atoms with Gasteiger partial charge in [-0.3, -0.25) is 4.79 Å². The maximum atomic E-state index is 12.0. The van der Waals surface area contributed by atoms with Crippen LogP contribution in [0.3, 0.4) is 0 Å². The van der Waals surface area contributed by atoms with Gasteiger partial charge < -0.3 is 10.2 Å². The van der Waals surface area contributed by atoms with Gasteiger partial charge in [0.15, 0.2) is 0 Å². The van der Waals surface area contributed by atoms with E-state index in [-0.39, 0.29) is 5.91 Å². The summed E-state index contributed by atoms with van der Waals surface area (Å²) in [6, 6.07) is 11.9. The Morgan fingerprint density at radius 3 is 2.91 bits per heavy atom. The van der Waals surface area contributed by atoms with E-state index in [1.54, 1.807) is 36.7 Å². The van der Waals surface area contributed by atoms with Gasteiger partial charge in [0.05, 0.1) is 5.56 Å². The molecule has 0 saturated heterocycles. The third-order valence-corrected chi connectivity index (χ3v) is 4.60. The molecule has 5 heteroatoms. The average Bonchev–Trinajstić information content (AvgIpc) is 2.97. The molecule has 3 rings (SSSR count). The SMILES string of the molecule is CNC(=O)c1cccnc1N(C)Cc1csc2ccccc12. The predicted octanol–water partition coefficient (Wildman–Crippen LogP) is 3.29. The first kappa shape index (κ1) is 14.5. The molecule has 1 amide bonds. The standard InChI is InChI=1S/C17H17N3OS/c1-18-17(21)14-7-5-9-19-16(14)20(2)10-12-11-22-15-8-4-3-6-13(12)15/h3-9,11H,10H2,1-2H3,(H,18,21). The van der Waals surface area contributed by atoms with Crippen LogP contribution in [0.5, 0.6) is 0 Å². The zero-order valence-electron chi connectivity index (χ0n) is 12.5. The molecule has 22 heavy (non-hydrogen) atoms. The quantitative estimate of drug-likeness (QED) is 0.804. The van der Waals surface area contributed by atoms with E-state index in [0.717, 1.165) is 0 Å². The number of fused-ring (bicyclic) bond motifs is 1. The summed E-state index contributed by atoms with van der Waals surface area (Å²) in [5.74, 6) is 0.572. The molecule has 0 unspecified atom stereocenters. The number of aromatic nitrogens is 1. The third-order valence-electron chi connectivity index (χ3n) is 3.59. The molecule has 0 atom stereocenters. The molecule has 2 heterocycles. The van der Waals surface area contributed by atoms with Crippen molar-refractivity contribution in [3.63, 3.8) is 0 Å². The number of thiophene rings is 1. The zero-order chi connectivity index (χ0) is 15.5. The van der Waals surface area contributed by atoms with Crippen molar-refractivity contribution in [1.82, 2.24) is 10.3 Å². The van der Waals surface area contributed by atoms with E-state index >= 15 is 0 Å². The number of hydrogen-bond donors (Lipinski definition) is 1. The third kappa shape index (κ3) is 2.67. The maximum absolute atomic E-state index is 12.0. The van der Waals surface area contributed by atoms with Crippen LogP contribution < -0.4 is 10.2 Å². The van der Waals surface area contributed by atoms with Crippen LogP contribution in [0.2, 0.25) is 0 Å². The van der Waals surface area contributed by atoms with Crippen LogP contribution in [-0.4, -0.2) is 25.0 Å². The lowest BCUT2D eigenvalue weighted by molar-refractivity contribution is 0.0963. The molecule has 0 aliphatic carbocycles. The van der Waals surface area contributed by atoms with Crippen molar-refractivity contribution in [2.24, 2.45) is 0 Å². The zero-order valence-corrected chi connectivity index (χ0v) is 13.4. The van der Waals surface area contributed by atoms with E-state index in [4.69, 9.17) is 0 Å². The fourth-order valence-electron chi connectivity index (χ4n) is 2.50. The molecule has 4 nitrogen and oxygen atoms in total.